The van der Waals surface area contributed by atoms with Gasteiger partial charge in [-0.1, -0.05) is 79.1 Å². The molecule has 0 fully saturated rings. The minimum atomic E-state index is -1.06. The molecule has 37 heavy (non-hydrogen) atoms. The van der Waals surface area contributed by atoms with E-state index in [2.05, 4.69) is 16.0 Å². The van der Waals surface area contributed by atoms with Crippen LogP contribution in [0.25, 0.3) is 0 Å². The summed E-state index contributed by atoms with van der Waals surface area (Å²) < 4.78 is 5.20. The lowest BCUT2D eigenvalue weighted by atomic mass is 9.95. The summed E-state index contributed by atoms with van der Waals surface area (Å²) in [7, 11) is 0. The quantitative estimate of drug-likeness (QED) is 0.171. The fraction of sp³-hybridized carbons (Fsp3) is 0.857. The number of amides is 3. The van der Waals surface area contributed by atoms with Gasteiger partial charge in [0.2, 0.25) is 11.8 Å². The number of carbonyl (C=O) groups is 4. The van der Waals surface area contributed by atoms with E-state index in [0.29, 0.717) is 25.8 Å². The van der Waals surface area contributed by atoms with Crippen LogP contribution in [0.5, 0.6) is 0 Å². The van der Waals surface area contributed by atoms with Crippen molar-refractivity contribution in [2.45, 2.75) is 137 Å². The van der Waals surface area contributed by atoms with Crippen molar-refractivity contribution in [3.8, 4) is 0 Å². The molecule has 0 aliphatic carbocycles. The lowest BCUT2D eigenvalue weighted by Gasteiger charge is -2.27. The predicted octanol–water partition coefficient (Wildman–Crippen LogP) is 5.17. The molecule has 4 atom stereocenters. The fourth-order valence-electron chi connectivity index (χ4n) is 3.85. The first kappa shape index (κ1) is 34.7. The number of nitrogens with one attached hydrogen (secondary N) is 3. The van der Waals surface area contributed by atoms with Gasteiger partial charge in [-0.25, -0.2) is 9.59 Å². The molecule has 0 spiro atoms. The van der Waals surface area contributed by atoms with E-state index < -0.39 is 29.6 Å². The van der Waals surface area contributed by atoms with Gasteiger partial charge in [0.25, 0.3) is 0 Å². The highest BCUT2D eigenvalue weighted by Crippen LogP contribution is 2.14. The number of carbonyl (C=O) groups excluding carboxylic acids is 3. The zero-order chi connectivity index (χ0) is 28.4. The molecular formula is C28H53N3O6. The molecule has 2 unspecified atom stereocenters. The molecule has 216 valence electrons. The van der Waals surface area contributed by atoms with Crippen LogP contribution in [0.3, 0.4) is 0 Å². The predicted molar refractivity (Wildman–Crippen MR) is 146 cm³/mol. The Balaban J connectivity index is 4.16. The van der Waals surface area contributed by atoms with Crippen LogP contribution in [0.4, 0.5) is 4.79 Å². The summed E-state index contributed by atoms with van der Waals surface area (Å²) >= 11 is 0. The largest absolute Gasteiger partial charge is 0.480 e. The topological polar surface area (TPSA) is 134 Å². The molecule has 0 rings (SSSR count). The maximum Gasteiger partial charge on any atom is 0.407 e. The minimum absolute atomic E-state index is 0.102. The fourth-order valence-corrected chi connectivity index (χ4v) is 3.85. The Bertz CT molecular complexity index is 692. The van der Waals surface area contributed by atoms with Gasteiger partial charge in [0, 0.05) is 13.0 Å². The number of unbranched alkanes of at least 4 members (excludes halogenated alkanes) is 7. The number of alkyl carbamates (subject to hydrolysis) is 1. The monoisotopic (exact) mass is 527 g/mol. The zero-order valence-electron chi connectivity index (χ0n) is 24.3. The van der Waals surface area contributed by atoms with E-state index in [9.17, 15) is 24.3 Å². The molecule has 4 N–H and O–H groups in total. The Morgan fingerprint density at radius 1 is 0.757 bits per heavy atom. The van der Waals surface area contributed by atoms with Crippen molar-refractivity contribution in [2.75, 3.05) is 6.54 Å². The highest BCUT2D eigenvalue weighted by atomic mass is 16.6. The second kappa shape index (κ2) is 18.9. The summed E-state index contributed by atoms with van der Waals surface area (Å²) in [6.07, 6.45) is 9.36. The average molecular weight is 528 g/mol. The summed E-state index contributed by atoms with van der Waals surface area (Å²) in [5.74, 6) is -1.97. The van der Waals surface area contributed by atoms with E-state index in [1.807, 2.05) is 41.5 Å². The molecule has 0 bridgehead atoms. The van der Waals surface area contributed by atoms with Crippen molar-refractivity contribution in [1.82, 2.24) is 16.0 Å². The standard InChI is InChI=1S/C28H53N3O6/c1-8-20(3)23(25(33)31-24(26(34)35)21(4)9-2)30-22(32)18-16-14-12-10-11-13-15-17-19-29-27(36)37-28(5,6)7/h20-21,23-24H,8-19H2,1-7H3,(H,29,36)(H,30,32)(H,31,33)(H,34,35)/t20?,21?,23-,24-/m0/s1. The molecule has 0 aromatic carbocycles. The number of hydrogen-bond donors (Lipinski definition) is 4. The third-order valence-electron chi connectivity index (χ3n) is 6.59. The Morgan fingerprint density at radius 3 is 1.73 bits per heavy atom. The van der Waals surface area contributed by atoms with E-state index in [-0.39, 0.29) is 23.8 Å². The first-order valence-corrected chi connectivity index (χ1v) is 14.1. The van der Waals surface area contributed by atoms with Gasteiger partial charge in [0.05, 0.1) is 0 Å². The lowest BCUT2D eigenvalue weighted by Crippen LogP contribution is -2.55. The molecule has 0 aliphatic rings. The summed E-state index contributed by atoms with van der Waals surface area (Å²) in [5.41, 5.74) is -0.478. The van der Waals surface area contributed by atoms with Crippen LogP contribution in [0.1, 0.15) is 119 Å². The van der Waals surface area contributed by atoms with Gasteiger partial charge in [-0.05, 0) is 45.4 Å². The molecule has 0 aromatic rings. The summed E-state index contributed by atoms with van der Waals surface area (Å²) in [5, 5.41) is 17.7. The average Bonchev–Trinajstić information content (AvgIpc) is 2.81. The van der Waals surface area contributed by atoms with Crippen LogP contribution in [0, 0.1) is 11.8 Å². The molecule has 9 nitrogen and oxygen atoms in total. The van der Waals surface area contributed by atoms with E-state index in [4.69, 9.17) is 4.74 Å². The zero-order valence-corrected chi connectivity index (χ0v) is 24.3. The molecule has 0 heterocycles. The molecule has 0 saturated carbocycles. The Kier molecular flexibility index (Phi) is 17.7. The first-order chi connectivity index (χ1) is 17.3. The summed E-state index contributed by atoms with van der Waals surface area (Å²) in [4.78, 5) is 48.5. The van der Waals surface area contributed by atoms with Crippen LogP contribution >= 0.6 is 0 Å². The molecule has 9 heteroatoms. The lowest BCUT2D eigenvalue weighted by molar-refractivity contribution is -0.144. The minimum Gasteiger partial charge on any atom is -0.480 e. The van der Waals surface area contributed by atoms with Crippen LogP contribution in [0.15, 0.2) is 0 Å². The van der Waals surface area contributed by atoms with Crippen molar-refractivity contribution >= 4 is 23.9 Å². The van der Waals surface area contributed by atoms with E-state index in [1.165, 1.54) is 0 Å². The number of aliphatic carboxylic acids is 1. The second-order valence-electron chi connectivity index (χ2n) is 11.1. The van der Waals surface area contributed by atoms with E-state index >= 15 is 0 Å². The van der Waals surface area contributed by atoms with Gasteiger partial charge in [0.1, 0.15) is 17.7 Å². The normalized spacial score (nSPS) is 14.7. The molecule has 0 aromatic heterocycles. The van der Waals surface area contributed by atoms with Gasteiger partial charge in [0.15, 0.2) is 0 Å². The first-order valence-electron chi connectivity index (χ1n) is 14.1. The van der Waals surface area contributed by atoms with Crippen LogP contribution in [-0.4, -0.2) is 53.2 Å². The van der Waals surface area contributed by atoms with E-state index in [1.54, 1.807) is 6.92 Å². The smallest absolute Gasteiger partial charge is 0.407 e. The molecule has 0 aliphatic heterocycles. The molecule has 0 radical (unpaired) electrons. The van der Waals surface area contributed by atoms with Gasteiger partial charge < -0.3 is 25.8 Å². The van der Waals surface area contributed by atoms with Crippen LogP contribution < -0.4 is 16.0 Å². The third-order valence-corrected chi connectivity index (χ3v) is 6.59. The third kappa shape index (κ3) is 16.9. The van der Waals surface area contributed by atoms with Gasteiger partial charge >= 0.3 is 12.1 Å². The number of carboxylic acid groups (broad SMARTS) is 1. The summed E-state index contributed by atoms with van der Waals surface area (Å²) in [6, 6.07) is -1.71. The van der Waals surface area contributed by atoms with Crippen LogP contribution in [0.2, 0.25) is 0 Å². The Labute approximate surface area is 224 Å². The van der Waals surface area contributed by atoms with Crippen molar-refractivity contribution in [1.29, 1.82) is 0 Å². The molecule has 3 amide bonds. The number of rotatable bonds is 19. The highest BCUT2D eigenvalue weighted by Gasteiger charge is 2.31. The van der Waals surface area contributed by atoms with Crippen LogP contribution in [-0.2, 0) is 19.1 Å². The maximum atomic E-state index is 12.8. The Morgan fingerprint density at radius 2 is 1.24 bits per heavy atom. The van der Waals surface area contributed by atoms with Crippen molar-refractivity contribution in [3.05, 3.63) is 0 Å². The highest BCUT2D eigenvalue weighted by molar-refractivity contribution is 5.90. The summed E-state index contributed by atoms with van der Waals surface area (Å²) in [6.45, 7) is 13.6. The Hall–Kier alpha value is -2.32. The van der Waals surface area contributed by atoms with Crippen molar-refractivity contribution in [3.63, 3.8) is 0 Å². The number of hydrogen-bond acceptors (Lipinski definition) is 5. The maximum absolute atomic E-state index is 12.8. The second-order valence-corrected chi connectivity index (χ2v) is 11.1. The SMILES string of the molecule is CCC(C)[C@H](NC(=O)[C@@H](NC(=O)CCCCCCCCCCNC(=O)OC(C)(C)C)C(C)CC)C(=O)O. The van der Waals surface area contributed by atoms with Crippen molar-refractivity contribution in [2.24, 2.45) is 11.8 Å². The van der Waals surface area contributed by atoms with Gasteiger partial charge in [-0.15, -0.1) is 0 Å². The van der Waals surface area contributed by atoms with Gasteiger partial charge in [-0.3, -0.25) is 9.59 Å². The molecular weight excluding hydrogens is 474 g/mol. The number of carboxylic acids is 1. The van der Waals surface area contributed by atoms with Crippen molar-refractivity contribution < 1.29 is 29.0 Å². The number of ether oxygens (including phenoxy) is 1. The van der Waals surface area contributed by atoms with E-state index in [0.717, 1.165) is 51.4 Å². The molecule has 0 saturated heterocycles. The van der Waals surface area contributed by atoms with Gasteiger partial charge in [-0.2, -0.15) is 0 Å².